The van der Waals surface area contributed by atoms with E-state index in [0.717, 1.165) is 16.8 Å². The normalized spacial score (nSPS) is 11.9. The largest absolute Gasteiger partial charge is 0.389 e. The van der Waals surface area contributed by atoms with E-state index in [1.54, 1.807) is 37.3 Å². The maximum Gasteiger partial charge on any atom is 0.255 e. The highest BCUT2D eigenvalue weighted by atomic mass is 16.3. The molecule has 2 rings (SSSR count). The fourth-order valence-corrected chi connectivity index (χ4v) is 1.87. The summed E-state index contributed by atoms with van der Waals surface area (Å²) in [5, 5.41) is 12.3. The molecule has 0 bridgehead atoms. The lowest BCUT2D eigenvalue weighted by molar-refractivity contribution is 0.102. The van der Waals surface area contributed by atoms with E-state index >= 15 is 0 Å². The molecule has 2 aromatic rings. The van der Waals surface area contributed by atoms with Gasteiger partial charge in [-0.2, -0.15) is 0 Å². The maximum atomic E-state index is 12.1. The zero-order valence-corrected chi connectivity index (χ0v) is 11.1. The quantitative estimate of drug-likeness (QED) is 0.884. The van der Waals surface area contributed by atoms with Gasteiger partial charge in [0.1, 0.15) is 0 Å². The molecule has 0 saturated heterocycles. The minimum atomic E-state index is -0.499. The molecule has 0 radical (unpaired) electrons. The Labute approximate surface area is 112 Å². The Kier molecular flexibility index (Phi) is 3.97. The summed E-state index contributed by atoms with van der Waals surface area (Å²) >= 11 is 0. The highest BCUT2D eigenvalue weighted by Gasteiger charge is 2.08. The summed E-state index contributed by atoms with van der Waals surface area (Å²) in [6.07, 6.45) is -0.499. The molecule has 98 valence electrons. The first-order valence-corrected chi connectivity index (χ1v) is 6.23. The molecular weight excluding hydrogens is 238 g/mol. The van der Waals surface area contributed by atoms with Crippen LogP contribution in [0, 0.1) is 6.92 Å². The second-order valence-corrected chi connectivity index (χ2v) is 4.57. The van der Waals surface area contributed by atoms with Gasteiger partial charge in [-0.05, 0) is 43.2 Å². The molecule has 0 aromatic heterocycles. The predicted octanol–water partition coefficient (Wildman–Crippen LogP) is 3.30. The third-order valence-electron chi connectivity index (χ3n) is 3.04. The van der Waals surface area contributed by atoms with E-state index in [1.807, 2.05) is 25.1 Å². The van der Waals surface area contributed by atoms with Crippen molar-refractivity contribution in [1.29, 1.82) is 0 Å². The molecule has 0 aliphatic carbocycles. The Balaban J connectivity index is 2.13. The molecule has 3 heteroatoms. The van der Waals surface area contributed by atoms with Gasteiger partial charge in [0.15, 0.2) is 0 Å². The minimum absolute atomic E-state index is 0.122. The van der Waals surface area contributed by atoms with Crippen LogP contribution in [-0.2, 0) is 0 Å². The van der Waals surface area contributed by atoms with Crippen LogP contribution in [0.25, 0.3) is 0 Å². The topological polar surface area (TPSA) is 49.3 Å². The van der Waals surface area contributed by atoms with E-state index in [-0.39, 0.29) is 5.91 Å². The predicted molar refractivity (Wildman–Crippen MR) is 76.2 cm³/mol. The van der Waals surface area contributed by atoms with Crippen molar-refractivity contribution in [2.45, 2.75) is 20.0 Å². The fourth-order valence-electron chi connectivity index (χ4n) is 1.87. The standard InChI is InChI=1S/C16H17NO2/c1-11-5-3-4-6-15(11)16(19)17-14-9-7-13(8-10-14)12(2)18/h3-10,12,18H,1-2H3,(H,17,19)/t12-/m0/s1. The lowest BCUT2D eigenvalue weighted by atomic mass is 10.1. The first-order chi connectivity index (χ1) is 9.08. The van der Waals surface area contributed by atoms with E-state index < -0.39 is 6.10 Å². The van der Waals surface area contributed by atoms with E-state index in [1.165, 1.54) is 0 Å². The number of nitrogens with one attached hydrogen (secondary N) is 1. The summed E-state index contributed by atoms with van der Waals surface area (Å²) in [5.74, 6) is -0.122. The fraction of sp³-hybridized carbons (Fsp3) is 0.188. The first-order valence-electron chi connectivity index (χ1n) is 6.23. The van der Waals surface area contributed by atoms with Crippen molar-refractivity contribution in [3.05, 3.63) is 65.2 Å². The second kappa shape index (κ2) is 5.67. The van der Waals surface area contributed by atoms with E-state index in [0.29, 0.717) is 5.56 Å². The van der Waals surface area contributed by atoms with Gasteiger partial charge in [0, 0.05) is 11.3 Å². The Morgan fingerprint density at radius 3 is 2.32 bits per heavy atom. The average Bonchev–Trinajstić information content (AvgIpc) is 2.39. The monoisotopic (exact) mass is 255 g/mol. The zero-order chi connectivity index (χ0) is 13.8. The van der Waals surface area contributed by atoms with Crippen LogP contribution in [0.4, 0.5) is 5.69 Å². The summed E-state index contributed by atoms with van der Waals surface area (Å²) in [6.45, 7) is 3.62. The van der Waals surface area contributed by atoms with Crippen molar-refractivity contribution in [2.24, 2.45) is 0 Å². The number of carbonyl (C=O) groups excluding carboxylic acids is 1. The number of benzene rings is 2. The van der Waals surface area contributed by atoms with E-state index in [2.05, 4.69) is 5.32 Å². The van der Waals surface area contributed by atoms with Crippen LogP contribution >= 0.6 is 0 Å². The molecule has 0 spiro atoms. The molecule has 0 aliphatic heterocycles. The van der Waals surface area contributed by atoms with E-state index in [4.69, 9.17) is 0 Å². The molecule has 2 aromatic carbocycles. The molecule has 2 N–H and O–H groups in total. The molecule has 1 atom stereocenters. The van der Waals surface area contributed by atoms with Crippen molar-refractivity contribution < 1.29 is 9.90 Å². The summed E-state index contributed by atoms with van der Waals surface area (Å²) in [5.41, 5.74) is 3.16. The van der Waals surface area contributed by atoms with Crippen molar-refractivity contribution in [2.75, 3.05) is 5.32 Å². The molecule has 1 amide bonds. The molecule has 0 saturated carbocycles. The number of aryl methyl sites for hydroxylation is 1. The van der Waals surface area contributed by atoms with Gasteiger partial charge >= 0.3 is 0 Å². The van der Waals surface area contributed by atoms with Gasteiger partial charge in [-0.3, -0.25) is 4.79 Å². The van der Waals surface area contributed by atoms with Crippen LogP contribution in [-0.4, -0.2) is 11.0 Å². The summed E-state index contributed by atoms with van der Waals surface area (Å²) in [6, 6.07) is 14.6. The van der Waals surface area contributed by atoms with Crippen LogP contribution in [0.15, 0.2) is 48.5 Å². The Bertz CT molecular complexity index is 574. The number of aliphatic hydroxyl groups excluding tert-OH is 1. The molecule has 3 nitrogen and oxygen atoms in total. The first kappa shape index (κ1) is 13.3. The lowest BCUT2D eigenvalue weighted by Gasteiger charge is -2.09. The third kappa shape index (κ3) is 3.20. The van der Waals surface area contributed by atoms with Crippen LogP contribution in [0.2, 0.25) is 0 Å². The molecular formula is C16H17NO2. The summed E-state index contributed by atoms with van der Waals surface area (Å²) in [7, 11) is 0. The van der Waals surface area contributed by atoms with Gasteiger partial charge in [0.2, 0.25) is 0 Å². The number of carbonyl (C=O) groups is 1. The SMILES string of the molecule is Cc1ccccc1C(=O)Nc1ccc([C@H](C)O)cc1. The van der Waals surface area contributed by atoms with Crippen LogP contribution in [0.5, 0.6) is 0 Å². The van der Waals surface area contributed by atoms with Gasteiger partial charge in [0.05, 0.1) is 6.10 Å². The molecule has 0 unspecified atom stereocenters. The third-order valence-corrected chi connectivity index (χ3v) is 3.04. The van der Waals surface area contributed by atoms with Crippen molar-refractivity contribution in [1.82, 2.24) is 0 Å². The molecule has 0 fully saturated rings. The smallest absolute Gasteiger partial charge is 0.255 e. The Morgan fingerprint density at radius 1 is 1.11 bits per heavy atom. The van der Waals surface area contributed by atoms with Gasteiger partial charge in [-0.1, -0.05) is 30.3 Å². The highest BCUT2D eigenvalue weighted by Crippen LogP contribution is 2.17. The van der Waals surface area contributed by atoms with Gasteiger partial charge in [-0.25, -0.2) is 0 Å². The Morgan fingerprint density at radius 2 is 1.74 bits per heavy atom. The van der Waals surface area contributed by atoms with Crippen molar-refractivity contribution in [3.63, 3.8) is 0 Å². The number of rotatable bonds is 3. The summed E-state index contributed by atoms with van der Waals surface area (Å²) in [4.78, 5) is 12.1. The van der Waals surface area contributed by atoms with Crippen LogP contribution in [0.1, 0.15) is 34.5 Å². The molecule has 0 heterocycles. The van der Waals surface area contributed by atoms with E-state index in [9.17, 15) is 9.90 Å². The highest BCUT2D eigenvalue weighted by molar-refractivity contribution is 6.05. The number of hydrogen-bond donors (Lipinski definition) is 2. The number of anilines is 1. The van der Waals surface area contributed by atoms with Crippen molar-refractivity contribution >= 4 is 11.6 Å². The number of amides is 1. The molecule has 0 aliphatic rings. The van der Waals surface area contributed by atoms with Crippen LogP contribution < -0.4 is 5.32 Å². The number of hydrogen-bond acceptors (Lipinski definition) is 2. The maximum absolute atomic E-state index is 12.1. The van der Waals surface area contributed by atoms with Crippen molar-refractivity contribution in [3.8, 4) is 0 Å². The van der Waals surface area contributed by atoms with Crippen LogP contribution in [0.3, 0.4) is 0 Å². The molecule has 19 heavy (non-hydrogen) atoms. The van der Waals surface area contributed by atoms with Gasteiger partial charge in [0.25, 0.3) is 5.91 Å². The van der Waals surface area contributed by atoms with Gasteiger partial charge in [-0.15, -0.1) is 0 Å². The Hall–Kier alpha value is -2.13. The number of aliphatic hydroxyl groups is 1. The average molecular weight is 255 g/mol. The summed E-state index contributed by atoms with van der Waals surface area (Å²) < 4.78 is 0. The second-order valence-electron chi connectivity index (χ2n) is 4.57. The zero-order valence-electron chi connectivity index (χ0n) is 11.1. The lowest BCUT2D eigenvalue weighted by Crippen LogP contribution is -2.13. The van der Waals surface area contributed by atoms with Gasteiger partial charge < -0.3 is 10.4 Å². The minimum Gasteiger partial charge on any atom is -0.389 e.